The highest BCUT2D eigenvalue weighted by atomic mass is 32.1. The molecule has 0 bridgehead atoms. The van der Waals surface area contributed by atoms with Gasteiger partial charge in [-0.15, -0.1) is 0 Å². The summed E-state index contributed by atoms with van der Waals surface area (Å²) < 4.78 is 5.01. The number of rotatable bonds is 1. The zero-order valence-corrected chi connectivity index (χ0v) is 7.15. The number of hydrogen-bond acceptors (Lipinski definition) is 3. The van der Waals surface area contributed by atoms with Crippen molar-refractivity contribution in [3.8, 4) is 0 Å². The van der Waals surface area contributed by atoms with Crippen molar-refractivity contribution < 1.29 is 9.53 Å². The second kappa shape index (κ2) is 2.46. The maximum absolute atomic E-state index is 10.8. The molecule has 0 aromatic carbocycles. The zero-order chi connectivity index (χ0) is 7.78. The second-order valence-electron chi connectivity index (χ2n) is 3.33. The fraction of sp³-hybridized carbons (Fsp3) is 0.857. The van der Waals surface area contributed by atoms with Crippen molar-refractivity contribution in [3.63, 3.8) is 0 Å². The predicted molar refractivity (Wildman–Crippen MR) is 42.1 cm³/mol. The summed E-state index contributed by atoms with van der Waals surface area (Å²) in [6.45, 7) is 4.05. The molecule has 1 atom stereocenters. The number of carbonyl (C=O) groups excluding carboxylic acids is 1. The van der Waals surface area contributed by atoms with Crippen molar-refractivity contribution in [1.82, 2.24) is 0 Å². The van der Waals surface area contributed by atoms with Crippen LogP contribution in [0.5, 0.6) is 0 Å². The van der Waals surface area contributed by atoms with E-state index >= 15 is 0 Å². The van der Waals surface area contributed by atoms with Crippen LogP contribution in [0.3, 0.4) is 0 Å². The highest BCUT2D eigenvalue weighted by molar-refractivity contribution is 7.80. The molecule has 0 aliphatic carbocycles. The standard InChI is InChI=1S/C7H12O2S/c1-7(2)3-6(8)9-5(7)4-10/h5,10H,3-4H2,1-2H3. The van der Waals surface area contributed by atoms with Gasteiger partial charge in [0.25, 0.3) is 0 Å². The van der Waals surface area contributed by atoms with Crippen LogP contribution in [0.1, 0.15) is 20.3 Å². The van der Waals surface area contributed by atoms with E-state index in [4.69, 9.17) is 4.74 Å². The normalized spacial score (nSPS) is 30.3. The molecule has 0 amide bonds. The molecule has 0 aromatic rings. The Balaban J connectivity index is 2.67. The third kappa shape index (κ3) is 1.29. The number of ether oxygens (including phenoxy) is 1. The van der Waals surface area contributed by atoms with Crippen molar-refractivity contribution in [2.24, 2.45) is 5.41 Å². The molecular formula is C7H12O2S. The lowest BCUT2D eigenvalue weighted by atomic mass is 9.86. The first-order valence-corrected chi connectivity index (χ1v) is 4.00. The summed E-state index contributed by atoms with van der Waals surface area (Å²) in [5, 5.41) is 0. The van der Waals surface area contributed by atoms with Gasteiger partial charge in [0.15, 0.2) is 0 Å². The zero-order valence-electron chi connectivity index (χ0n) is 6.26. The summed E-state index contributed by atoms with van der Waals surface area (Å²) in [5.74, 6) is 0.530. The van der Waals surface area contributed by atoms with Crippen LogP contribution in [0.4, 0.5) is 0 Å². The topological polar surface area (TPSA) is 26.3 Å². The van der Waals surface area contributed by atoms with Gasteiger partial charge >= 0.3 is 5.97 Å². The van der Waals surface area contributed by atoms with Crippen LogP contribution in [0.25, 0.3) is 0 Å². The van der Waals surface area contributed by atoms with Gasteiger partial charge in [0.1, 0.15) is 6.10 Å². The lowest BCUT2D eigenvalue weighted by molar-refractivity contribution is -0.140. The van der Waals surface area contributed by atoms with E-state index in [1.165, 1.54) is 0 Å². The highest BCUT2D eigenvalue weighted by Gasteiger charge is 2.40. The first-order chi connectivity index (χ1) is 4.56. The van der Waals surface area contributed by atoms with Crippen LogP contribution in [0.15, 0.2) is 0 Å². The van der Waals surface area contributed by atoms with Gasteiger partial charge in [-0.2, -0.15) is 12.6 Å². The lowest BCUT2D eigenvalue weighted by Gasteiger charge is -2.21. The Labute approximate surface area is 66.4 Å². The van der Waals surface area contributed by atoms with Gasteiger partial charge in [-0.05, 0) is 0 Å². The Hall–Kier alpha value is -0.180. The molecule has 1 rings (SSSR count). The quantitative estimate of drug-likeness (QED) is 0.461. The molecule has 10 heavy (non-hydrogen) atoms. The fourth-order valence-electron chi connectivity index (χ4n) is 1.13. The smallest absolute Gasteiger partial charge is 0.306 e. The van der Waals surface area contributed by atoms with Crippen LogP contribution in [-0.2, 0) is 9.53 Å². The number of cyclic esters (lactones) is 1. The Morgan fingerprint density at radius 1 is 1.80 bits per heavy atom. The molecule has 0 radical (unpaired) electrons. The Bertz CT molecular complexity index is 154. The third-order valence-corrected chi connectivity index (χ3v) is 2.24. The molecule has 3 heteroatoms. The van der Waals surface area contributed by atoms with E-state index in [0.29, 0.717) is 12.2 Å². The van der Waals surface area contributed by atoms with Crippen LogP contribution >= 0.6 is 12.6 Å². The third-order valence-electron chi connectivity index (χ3n) is 1.91. The molecule has 1 fully saturated rings. The SMILES string of the molecule is CC1(C)CC(=O)OC1CS. The van der Waals surface area contributed by atoms with Crippen molar-refractivity contribution >= 4 is 18.6 Å². The van der Waals surface area contributed by atoms with Crippen molar-refractivity contribution in [3.05, 3.63) is 0 Å². The van der Waals surface area contributed by atoms with E-state index < -0.39 is 0 Å². The molecule has 1 unspecified atom stereocenters. The molecule has 1 saturated heterocycles. The molecule has 2 nitrogen and oxygen atoms in total. The minimum absolute atomic E-state index is 0.00309. The van der Waals surface area contributed by atoms with E-state index in [9.17, 15) is 4.79 Å². The van der Waals surface area contributed by atoms with Crippen LogP contribution in [0.2, 0.25) is 0 Å². The predicted octanol–water partition coefficient (Wildman–Crippen LogP) is 1.26. The van der Waals surface area contributed by atoms with Gasteiger partial charge in [0.05, 0.1) is 6.42 Å². The van der Waals surface area contributed by atoms with Crippen LogP contribution in [0, 0.1) is 5.41 Å². The Kier molecular flexibility index (Phi) is 1.95. The van der Waals surface area contributed by atoms with E-state index in [-0.39, 0.29) is 17.5 Å². The molecule has 1 aliphatic heterocycles. The average Bonchev–Trinajstić information content (AvgIpc) is 2.04. The number of thiol groups is 1. The molecule has 58 valence electrons. The number of hydrogen-bond donors (Lipinski definition) is 1. The molecule has 1 aliphatic rings. The van der Waals surface area contributed by atoms with Gasteiger partial charge < -0.3 is 4.74 Å². The van der Waals surface area contributed by atoms with Gasteiger partial charge in [-0.25, -0.2) is 0 Å². The molecular weight excluding hydrogens is 148 g/mol. The molecule has 0 saturated carbocycles. The second-order valence-corrected chi connectivity index (χ2v) is 3.69. The number of esters is 1. The Morgan fingerprint density at radius 2 is 2.40 bits per heavy atom. The lowest BCUT2D eigenvalue weighted by Crippen LogP contribution is -2.25. The summed E-state index contributed by atoms with van der Waals surface area (Å²) in [6, 6.07) is 0. The summed E-state index contributed by atoms with van der Waals surface area (Å²) in [4.78, 5) is 10.8. The summed E-state index contributed by atoms with van der Waals surface area (Å²) in [5.41, 5.74) is -0.0150. The van der Waals surface area contributed by atoms with Gasteiger partial charge in [-0.3, -0.25) is 4.79 Å². The Morgan fingerprint density at radius 3 is 2.60 bits per heavy atom. The van der Waals surface area contributed by atoms with Crippen LogP contribution < -0.4 is 0 Å². The maximum Gasteiger partial charge on any atom is 0.306 e. The van der Waals surface area contributed by atoms with E-state index in [0.717, 1.165) is 0 Å². The molecule has 1 heterocycles. The first-order valence-electron chi connectivity index (χ1n) is 3.36. The minimum atomic E-state index is -0.0935. The summed E-state index contributed by atoms with van der Waals surface area (Å²) >= 11 is 4.09. The van der Waals surface area contributed by atoms with Crippen molar-refractivity contribution in [2.45, 2.75) is 26.4 Å². The van der Waals surface area contributed by atoms with Crippen molar-refractivity contribution in [2.75, 3.05) is 5.75 Å². The van der Waals surface area contributed by atoms with Crippen molar-refractivity contribution in [1.29, 1.82) is 0 Å². The maximum atomic E-state index is 10.8. The number of carbonyl (C=O) groups is 1. The first kappa shape index (κ1) is 7.92. The monoisotopic (exact) mass is 160 g/mol. The van der Waals surface area contributed by atoms with E-state index in [1.807, 2.05) is 13.8 Å². The summed E-state index contributed by atoms with van der Waals surface area (Å²) in [7, 11) is 0. The largest absolute Gasteiger partial charge is 0.461 e. The molecule has 0 aromatic heterocycles. The molecule has 0 spiro atoms. The van der Waals surface area contributed by atoms with Gasteiger partial charge in [0, 0.05) is 11.2 Å². The van der Waals surface area contributed by atoms with E-state index in [1.54, 1.807) is 0 Å². The summed E-state index contributed by atoms with van der Waals surface area (Å²) in [6.07, 6.45) is 0.529. The minimum Gasteiger partial charge on any atom is -0.461 e. The molecule has 0 N–H and O–H groups in total. The van der Waals surface area contributed by atoms with Gasteiger partial charge in [0.2, 0.25) is 0 Å². The van der Waals surface area contributed by atoms with Gasteiger partial charge in [-0.1, -0.05) is 13.8 Å². The highest BCUT2D eigenvalue weighted by Crippen LogP contribution is 2.34. The van der Waals surface area contributed by atoms with E-state index in [2.05, 4.69) is 12.6 Å². The average molecular weight is 160 g/mol. The van der Waals surface area contributed by atoms with Crippen LogP contribution in [-0.4, -0.2) is 17.8 Å². The fourth-order valence-corrected chi connectivity index (χ4v) is 1.70.